The van der Waals surface area contributed by atoms with Crippen molar-refractivity contribution in [3.8, 4) is 0 Å². The Labute approximate surface area is 136 Å². The Hall–Kier alpha value is -1.75. The highest BCUT2D eigenvalue weighted by atomic mass is 19.1. The first-order chi connectivity index (χ1) is 11.2. The summed E-state index contributed by atoms with van der Waals surface area (Å²) in [6.07, 6.45) is 1.06. The number of halogens is 1. The molecule has 0 spiro atoms. The third kappa shape index (κ3) is 3.96. The molecule has 3 rings (SSSR count). The van der Waals surface area contributed by atoms with E-state index in [-0.39, 0.29) is 11.9 Å². The zero-order valence-corrected chi connectivity index (χ0v) is 13.1. The molecule has 1 heterocycles. The summed E-state index contributed by atoms with van der Waals surface area (Å²) >= 11 is 0. The maximum absolute atomic E-state index is 14.1. The van der Waals surface area contributed by atoms with E-state index < -0.39 is 5.54 Å². The summed E-state index contributed by atoms with van der Waals surface area (Å²) in [6, 6.07) is 16.7. The Bertz CT molecular complexity index is 634. The van der Waals surface area contributed by atoms with Crippen LogP contribution in [0, 0.1) is 5.82 Å². The molecule has 122 valence electrons. The number of ether oxygens (including phenoxy) is 2. The number of hydrogen-bond acceptors (Lipinski definition) is 3. The van der Waals surface area contributed by atoms with Gasteiger partial charge in [-0.3, -0.25) is 0 Å². The molecular weight excluding hydrogens is 293 g/mol. The van der Waals surface area contributed by atoms with Crippen LogP contribution in [0.25, 0.3) is 0 Å². The van der Waals surface area contributed by atoms with Crippen molar-refractivity contribution in [2.24, 2.45) is 5.73 Å². The predicted molar refractivity (Wildman–Crippen MR) is 87.3 cm³/mol. The lowest BCUT2D eigenvalue weighted by Crippen LogP contribution is -2.47. The van der Waals surface area contributed by atoms with E-state index in [0.29, 0.717) is 38.2 Å². The van der Waals surface area contributed by atoms with Crippen LogP contribution in [0.15, 0.2) is 54.6 Å². The molecule has 2 aromatic rings. The van der Waals surface area contributed by atoms with Crippen LogP contribution < -0.4 is 5.73 Å². The van der Waals surface area contributed by atoms with E-state index in [1.54, 1.807) is 12.1 Å². The van der Waals surface area contributed by atoms with Crippen LogP contribution in [0.2, 0.25) is 0 Å². The van der Waals surface area contributed by atoms with Crippen molar-refractivity contribution in [3.05, 3.63) is 71.5 Å². The van der Waals surface area contributed by atoms with Crippen molar-refractivity contribution in [1.82, 2.24) is 0 Å². The minimum Gasteiger partial charge on any atom is -0.376 e. The van der Waals surface area contributed by atoms with Crippen LogP contribution >= 0.6 is 0 Å². The van der Waals surface area contributed by atoms with Crippen molar-refractivity contribution in [1.29, 1.82) is 0 Å². The molecule has 1 saturated heterocycles. The smallest absolute Gasteiger partial charge is 0.128 e. The topological polar surface area (TPSA) is 44.5 Å². The maximum Gasteiger partial charge on any atom is 0.128 e. The first-order valence-corrected chi connectivity index (χ1v) is 7.94. The molecule has 4 heteroatoms. The first-order valence-electron chi connectivity index (χ1n) is 7.94. The molecule has 3 nitrogen and oxygen atoms in total. The molecule has 2 N–H and O–H groups in total. The first kappa shape index (κ1) is 16.1. The van der Waals surface area contributed by atoms with Gasteiger partial charge >= 0.3 is 0 Å². The number of benzene rings is 2. The fourth-order valence-electron chi connectivity index (χ4n) is 3.07. The Morgan fingerprint density at radius 1 is 1.13 bits per heavy atom. The second-order valence-electron chi connectivity index (χ2n) is 6.08. The van der Waals surface area contributed by atoms with Crippen LogP contribution in [-0.4, -0.2) is 19.3 Å². The molecule has 23 heavy (non-hydrogen) atoms. The molecule has 0 aliphatic carbocycles. The number of rotatable bonds is 5. The van der Waals surface area contributed by atoms with Crippen molar-refractivity contribution in [2.75, 3.05) is 13.2 Å². The van der Waals surface area contributed by atoms with Gasteiger partial charge in [-0.2, -0.15) is 0 Å². The molecule has 2 aromatic carbocycles. The standard InChI is InChI=1S/C19H22FNO2/c20-18-9-5-4-8-17(18)19(21)10-11-23-16(12-19)14-22-13-15-6-2-1-3-7-15/h1-9,16H,10-14,21H2. The lowest BCUT2D eigenvalue weighted by molar-refractivity contribution is -0.0684. The molecule has 2 unspecified atom stereocenters. The lowest BCUT2D eigenvalue weighted by atomic mass is 9.81. The van der Waals surface area contributed by atoms with Crippen molar-refractivity contribution < 1.29 is 13.9 Å². The van der Waals surface area contributed by atoms with E-state index in [1.807, 2.05) is 36.4 Å². The fourth-order valence-corrected chi connectivity index (χ4v) is 3.07. The van der Waals surface area contributed by atoms with Crippen LogP contribution in [-0.2, 0) is 21.6 Å². The van der Waals surface area contributed by atoms with Crippen LogP contribution in [0.4, 0.5) is 4.39 Å². The molecule has 1 aliphatic rings. The monoisotopic (exact) mass is 315 g/mol. The SMILES string of the molecule is NC1(c2ccccc2F)CCOC(COCc2ccccc2)C1. The van der Waals surface area contributed by atoms with Gasteiger partial charge in [0.05, 0.1) is 19.3 Å². The van der Waals surface area contributed by atoms with Crippen LogP contribution in [0.5, 0.6) is 0 Å². The van der Waals surface area contributed by atoms with E-state index in [4.69, 9.17) is 15.2 Å². The van der Waals surface area contributed by atoms with E-state index in [1.165, 1.54) is 6.07 Å². The molecule has 1 aliphatic heterocycles. The molecule has 0 radical (unpaired) electrons. The summed E-state index contributed by atoms with van der Waals surface area (Å²) in [4.78, 5) is 0. The van der Waals surface area contributed by atoms with Gasteiger partial charge in [0.2, 0.25) is 0 Å². The van der Waals surface area contributed by atoms with Gasteiger partial charge in [-0.05, 0) is 24.5 Å². The summed E-state index contributed by atoms with van der Waals surface area (Å²) in [6.45, 7) is 1.52. The fraction of sp³-hybridized carbons (Fsp3) is 0.368. The Morgan fingerprint density at radius 2 is 1.87 bits per heavy atom. The lowest BCUT2D eigenvalue weighted by Gasteiger charge is -2.38. The molecule has 2 atom stereocenters. The molecule has 0 amide bonds. The van der Waals surface area contributed by atoms with Gasteiger partial charge in [-0.15, -0.1) is 0 Å². The largest absolute Gasteiger partial charge is 0.376 e. The minimum absolute atomic E-state index is 0.114. The number of nitrogens with two attached hydrogens (primary N) is 1. The zero-order valence-electron chi connectivity index (χ0n) is 13.1. The average Bonchev–Trinajstić information content (AvgIpc) is 2.56. The van der Waals surface area contributed by atoms with E-state index in [0.717, 1.165) is 5.56 Å². The molecule has 1 fully saturated rings. The summed E-state index contributed by atoms with van der Waals surface area (Å²) in [7, 11) is 0. The van der Waals surface area contributed by atoms with Gasteiger partial charge < -0.3 is 15.2 Å². The Kier molecular flexibility index (Phi) is 5.06. The zero-order chi connectivity index (χ0) is 16.1. The van der Waals surface area contributed by atoms with Gasteiger partial charge in [0.1, 0.15) is 5.82 Å². The Balaban J connectivity index is 1.59. The van der Waals surface area contributed by atoms with Gasteiger partial charge in [0, 0.05) is 17.7 Å². The summed E-state index contributed by atoms with van der Waals surface area (Å²) in [5.41, 5.74) is 7.48. The van der Waals surface area contributed by atoms with Gasteiger partial charge in [0.15, 0.2) is 0 Å². The normalized spacial score (nSPS) is 24.5. The molecule has 0 bridgehead atoms. The third-order valence-electron chi connectivity index (χ3n) is 4.32. The van der Waals surface area contributed by atoms with Crippen molar-refractivity contribution >= 4 is 0 Å². The van der Waals surface area contributed by atoms with Crippen LogP contribution in [0.3, 0.4) is 0 Å². The minimum atomic E-state index is -0.690. The highest BCUT2D eigenvalue weighted by Crippen LogP contribution is 2.33. The highest BCUT2D eigenvalue weighted by molar-refractivity contribution is 5.26. The molecule has 0 aromatic heterocycles. The molecule has 0 saturated carbocycles. The van der Waals surface area contributed by atoms with Gasteiger partial charge in [-0.1, -0.05) is 48.5 Å². The predicted octanol–water partition coefficient (Wildman–Crippen LogP) is 3.38. The van der Waals surface area contributed by atoms with E-state index in [9.17, 15) is 4.39 Å². The van der Waals surface area contributed by atoms with E-state index in [2.05, 4.69) is 0 Å². The summed E-state index contributed by atoms with van der Waals surface area (Å²) < 4.78 is 25.6. The van der Waals surface area contributed by atoms with Crippen LogP contribution in [0.1, 0.15) is 24.0 Å². The van der Waals surface area contributed by atoms with Crippen molar-refractivity contribution in [2.45, 2.75) is 31.1 Å². The Morgan fingerprint density at radius 3 is 2.65 bits per heavy atom. The summed E-state index contributed by atoms with van der Waals surface area (Å²) in [5.74, 6) is -0.249. The van der Waals surface area contributed by atoms with Crippen molar-refractivity contribution in [3.63, 3.8) is 0 Å². The quantitative estimate of drug-likeness (QED) is 0.920. The third-order valence-corrected chi connectivity index (χ3v) is 4.32. The number of hydrogen-bond donors (Lipinski definition) is 1. The second kappa shape index (κ2) is 7.21. The van der Waals surface area contributed by atoms with Gasteiger partial charge in [0.25, 0.3) is 0 Å². The second-order valence-corrected chi connectivity index (χ2v) is 6.08. The highest BCUT2D eigenvalue weighted by Gasteiger charge is 2.36. The average molecular weight is 315 g/mol. The maximum atomic E-state index is 14.1. The van der Waals surface area contributed by atoms with Gasteiger partial charge in [-0.25, -0.2) is 4.39 Å². The summed E-state index contributed by atoms with van der Waals surface area (Å²) in [5, 5.41) is 0. The molecular formula is C19H22FNO2. The van der Waals surface area contributed by atoms with E-state index >= 15 is 0 Å².